The second-order valence-electron chi connectivity index (χ2n) is 9.72. The molecule has 0 aliphatic heterocycles. The molecule has 0 fully saturated rings. The molecule has 1 aromatic rings. The van der Waals surface area contributed by atoms with Crippen LogP contribution in [0, 0.1) is 11.7 Å². The number of Topliss-reactive ketones (excluding diaryl/α,β-unsaturated/α-hetero) is 1. The van der Waals surface area contributed by atoms with E-state index in [0.29, 0.717) is 28.2 Å². The summed E-state index contributed by atoms with van der Waals surface area (Å²) in [5.41, 5.74) is 2.26. The summed E-state index contributed by atoms with van der Waals surface area (Å²) in [5.74, 6) is -0.409. The van der Waals surface area contributed by atoms with Gasteiger partial charge in [0.15, 0.2) is 5.78 Å². The molecule has 0 radical (unpaired) electrons. The van der Waals surface area contributed by atoms with Crippen LogP contribution in [-0.2, 0) is 15.1 Å². The molecule has 0 saturated carbocycles. The Labute approximate surface area is 216 Å². The fourth-order valence-electron chi connectivity index (χ4n) is 3.55. The second-order valence-corrected chi connectivity index (χ2v) is 9.72. The summed E-state index contributed by atoms with van der Waals surface area (Å²) < 4.78 is 13.8. The highest BCUT2D eigenvalue weighted by Gasteiger charge is 2.27. The van der Waals surface area contributed by atoms with E-state index in [1.165, 1.54) is 19.1 Å². The first-order valence-corrected chi connectivity index (χ1v) is 12.5. The largest absolute Gasteiger partial charge is 0.343 e. The van der Waals surface area contributed by atoms with E-state index in [2.05, 4.69) is 29.1 Å². The van der Waals surface area contributed by atoms with Gasteiger partial charge in [-0.15, -0.1) is 0 Å². The number of nitrogens with zero attached hydrogens (tertiary/aromatic N) is 1. The van der Waals surface area contributed by atoms with Crippen LogP contribution in [0.25, 0.3) is 0 Å². The maximum Gasteiger partial charge on any atom is 0.248 e. The Hall–Kier alpha value is -3.28. The monoisotopic (exact) mass is 495 g/mol. The third-order valence-electron chi connectivity index (χ3n) is 5.67. The van der Waals surface area contributed by atoms with Crippen LogP contribution in [0.3, 0.4) is 0 Å². The fourth-order valence-corrected chi connectivity index (χ4v) is 3.55. The predicted octanol–water partition coefficient (Wildman–Crippen LogP) is 6.89. The molecule has 36 heavy (non-hydrogen) atoms. The first kappa shape index (κ1) is 30.8. The molecule has 0 saturated heterocycles. The van der Waals surface area contributed by atoms with Crippen LogP contribution in [0.15, 0.2) is 76.2 Å². The first-order valence-electron chi connectivity index (χ1n) is 12.5. The highest BCUT2D eigenvalue weighted by atomic mass is 19.1. The van der Waals surface area contributed by atoms with E-state index in [0.717, 1.165) is 24.8 Å². The average Bonchev–Trinajstić information content (AvgIpc) is 2.77. The number of allylic oxidation sites excluding steroid dienone is 5. The third kappa shape index (κ3) is 9.76. The van der Waals surface area contributed by atoms with Crippen LogP contribution in [0.2, 0.25) is 0 Å². The molecular weight excluding hydrogens is 453 g/mol. The number of aliphatic imine (C=N–C) groups is 1. The van der Waals surface area contributed by atoms with Gasteiger partial charge in [0, 0.05) is 18.7 Å². The van der Waals surface area contributed by atoms with Gasteiger partial charge in [-0.25, -0.2) is 9.38 Å². The van der Waals surface area contributed by atoms with Crippen LogP contribution in [0.1, 0.15) is 80.2 Å². The number of ketones is 1. The molecule has 0 aliphatic rings. The van der Waals surface area contributed by atoms with Gasteiger partial charge in [0.25, 0.3) is 0 Å². The van der Waals surface area contributed by atoms with Crippen molar-refractivity contribution in [1.82, 2.24) is 10.6 Å². The zero-order chi connectivity index (χ0) is 27.5. The zero-order valence-electron chi connectivity index (χ0n) is 23.1. The summed E-state index contributed by atoms with van der Waals surface area (Å²) >= 11 is 0. The lowest BCUT2D eigenvalue weighted by Crippen LogP contribution is -2.42. The van der Waals surface area contributed by atoms with Gasteiger partial charge >= 0.3 is 0 Å². The van der Waals surface area contributed by atoms with Gasteiger partial charge in [-0.3, -0.25) is 9.59 Å². The number of nitrogens with one attached hydrogen (secondary N) is 2. The summed E-state index contributed by atoms with van der Waals surface area (Å²) in [6.07, 6.45) is 7.84. The quantitative estimate of drug-likeness (QED) is 0.178. The molecule has 0 unspecified atom stereocenters. The van der Waals surface area contributed by atoms with Gasteiger partial charge in [0.1, 0.15) is 11.6 Å². The molecule has 0 bridgehead atoms. The van der Waals surface area contributed by atoms with Gasteiger partial charge in [0.2, 0.25) is 5.91 Å². The van der Waals surface area contributed by atoms with Crippen LogP contribution >= 0.6 is 0 Å². The predicted molar refractivity (Wildman–Crippen MR) is 148 cm³/mol. The van der Waals surface area contributed by atoms with Crippen LogP contribution in [0.4, 0.5) is 4.39 Å². The van der Waals surface area contributed by atoms with Crippen molar-refractivity contribution < 1.29 is 14.0 Å². The summed E-state index contributed by atoms with van der Waals surface area (Å²) in [6, 6.07) is 6.19. The molecule has 0 atom stereocenters. The van der Waals surface area contributed by atoms with E-state index >= 15 is 0 Å². The van der Waals surface area contributed by atoms with Crippen LogP contribution in [-0.4, -0.2) is 17.9 Å². The third-order valence-corrected chi connectivity index (χ3v) is 5.67. The molecule has 6 heteroatoms. The molecule has 5 nitrogen and oxygen atoms in total. The Kier molecular flexibility index (Phi) is 12.2. The van der Waals surface area contributed by atoms with Crippen LogP contribution in [0.5, 0.6) is 0 Å². The summed E-state index contributed by atoms with van der Waals surface area (Å²) in [4.78, 5) is 30.4. The summed E-state index contributed by atoms with van der Waals surface area (Å²) in [7, 11) is 0. The maximum atomic E-state index is 13.8. The number of hydrogen-bond donors (Lipinski definition) is 2. The molecule has 0 heterocycles. The highest BCUT2D eigenvalue weighted by molar-refractivity contribution is 5.97. The molecule has 1 rings (SSSR count). The van der Waals surface area contributed by atoms with Crippen molar-refractivity contribution in [3.63, 3.8) is 0 Å². The Morgan fingerprint density at radius 2 is 1.83 bits per heavy atom. The van der Waals surface area contributed by atoms with Crippen molar-refractivity contribution >= 4 is 17.9 Å². The highest BCUT2D eigenvalue weighted by Crippen LogP contribution is 2.24. The number of amides is 1. The van der Waals surface area contributed by atoms with E-state index in [4.69, 9.17) is 0 Å². The van der Waals surface area contributed by atoms with Crippen molar-refractivity contribution in [2.75, 3.05) is 0 Å². The van der Waals surface area contributed by atoms with Crippen molar-refractivity contribution in [3.05, 3.63) is 82.6 Å². The number of halogens is 1. The molecule has 196 valence electrons. The molecule has 2 N–H and O–H groups in total. The minimum Gasteiger partial charge on any atom is -0.343 e. The lowest BCUT2D eigenvalue weighted by molar-refractivity contribution is -0.119. The molecule has 0 spiro atoms. The Morgan fingerprint density at radius 1 is 1.17 bits per heavy atom. The topological polar surface area (TPSA) is 70.6 Å². The van der Waals surface area contributed by atoms with Gasteiger partial charge in [0.05, 0.1) is 11.2 Å². The van der Waals surface area contributed by atoms with Gasteiger partial charge in [-0.05, 0) is 75.0 Å². The molecule has 1 aromatic carbocycles. The lowest BCUT2D eigenvalue weighted by Gasteiger charge is -2.29. The van der Waals surface area contributed by atoms with Gasteiger partial charge in [-0.1, -0.05) is 58.4 Å². The van der Waals surface area contributed by atoms with Gasteiger partial charge in [-0.2, -0.15) is 0 Å². The first-order chi connectivity index (χ1) is 16.8. The zero-order valence-corrected chi connectivity index (χ0v) is 23.1. The summed E-state index contributed by atoms with van der Waals surface area (Å²) in [5, 5.41) is 6.16. The number of rotatable bonds is 13. The fraction of sp³-hybridized carbons (Fsp3) is 0.433. The van der Waals surface area contributed by atoms with Crippen molar-refractivity contribution in [3.8, 4) is 0 Å². The van der Waals surface area contributed by atoms with E-state index in [1.54, 1.807) is 18.2 Å². The number of carbonyl (C=O) groups is 2. The number of carbonyl (C=O) groups excluding carboxylic acids is 2. The molecule has 0 aromatic heterocycles. The average molecular weight is 496 g/mol. The summed E-state index contributed by atoms with van der Waals surface area (Å²) in [6.45, 7) is 18.9. The van der Waals surface area contributed by atoms with E-state index in [-0.39, 0.29) is 23.4 Å². The van der Waals surface area contributed by atoms with Gasteiger partial charge < -0.3 is 10.6 Å². The van der Waals surface area contributed by atoms with Crippen molar-refractivity contribution in [2.24, 2.45) is 10.9 Å². The molecule has 1 amide bonds. The Balaban J connectivity index is 3.40. The van der Waals surface area contributed by atoms with E-state index < -0.39 is 5.54 Å². The standard InChI is InChI=1S/C30H42FN3O2/c1-10-12-16-32-27(17-21(5)11-2)33-26(23(7)35)18-22(6)28(20(3)4)29(36)34-30(8,9)24-14-13-15-25(31)19-24/h13-20,33H,5,10-12H2,1-4,6-9H3,(H,34,36)/b26-18+,27-17+,28-22+,32-16-. The van der Waals surface area contributed by atoms with Crippen LogP contribution < -0.4 is 10.6 Å². The number of benzene rings is 1. The smallest absolute Gasteiger partial charge is 0.248 e. The minimum absolute atomic E-state index is 0.116. The molecule has 0 aliphatic carbocycles. The minimum atomic E-state index is -0.796. The van der Waals surface area contributed by atoms with Crippen molar-refractivity contribution in [1.29, 1.82) is 0 Å². The normalized spacial score (nSPS) is 13.6. The van der Waals surface area contributed by atoms with E-state index in [1.807, 2.05) is 53.8 Å². The number of unbranched alkanes of at least 4 members (excludes halogenated alkanes) is 1. The number of hydrogen-bond acceptors (Lipinski definition) is 4. The Morgan fingerprint density at radius 3 is 2.36 bits per heavy atom. The maximum absolute atomic E-state index is 13.8. The lowest BCUT2D eigenvalue weighted by atomic mass is 9.91. The SMILES string of the molecule is C=C(/C=C(\N=C/CCC)N/C(=C/C(C)=C(/C(=O)NC(C)(C)c1cccc(F)c1)C(C)C)C(C)=O)CC. The van der Waals surface area contributed by atoms with Crippen molar-refractivity contribution in [2.45, 2.75) is 80.2 Å². The molecular formula is C30H42FN3O2. The second kappa shape index (κ2) is 14.3. The Bertz CT molecular complexity index is 1080. The van der Waals surface area contributed by atoms with E-state index in [9.17, 15) is 14.0 Å².